The number of nitro groups is 2. The van der Waals surface area contributed by atoms with Gasteiger partial charge in [-0.2, -0.15) is 0 Å². The number of rotatable bonds is 9. The highest BCUT2D eigenvalue weighted by Crippen LogP contribution is 2.30. The lowest BCUT2D eigenvalue weighted by atomic mass is 10.1. The van der Waals surface area contributed by atoms with E-state index in [-0.39, 0.29) is 17.8 Å². The first kappa shape index (κ1) is 21.2. The highest BCUT2D eigenvalue weighted by atomic mass is 16.6. The van der Waals surface area contributed by atoms with Crippen molar-refractivity contribution in [3.63, 3.8) is 0 Å². The molecule has 0 spiro atoms. The molecule has 2 aromatic rings. The van der Waals surface area contributed by atoms with Crippen LogP contribution in [0.15, 0.2) is 42.5 Å². The molecule has 30 heavy (non-hydrogen) atoms. The molecule has 10 heteroatoms. The number of hydrogen-bond donors (Lipinski definition) is 1. The Morgan fingerprint density at radius 1 is 1.07 bits per heavy atom. The van der Waals surface area contributed by atoms with Gasteiger partial charge in [0.05, 0.1) is 34.1 Å². The number of nitro benzene ring substituents is 2. The molecule has 1 fully saturated rings. The molecule has 0 aliphatic carbocycles. The van der Waals surface area contributed by atoms with Crippen LogP contribution >= 0.6 is 0 Å². The normalized spacial score (nSPS) is 15.5. The van der Waals surface area contributed by atoms with Gasteiger partial charge < -0.3 is 14.8 Å². The van der Waals surface area contributed by atoms with E-state index in [1.54, 1.807) is 24.3 Å². The number of carbonyl (C=O) groups is 1. The number of nitrogens with zero attached hydrogens (tertiary/aromatic N) is 2. The summed E-state index contributed by atoms with van der Waals surface area (Å²) in [5.41, 5.74) is 0.0642. The van der Waals surface area contributed by atoms with Gasteiger partial charge in [0.1, 0.15) is 11.5 Å². The summed E-state index contributed by atoms with van der Waals surface area (Å²) >= 11 is 0. The third kappa shape index (κ3) is 5.98. The van der Waals surface area contributed by atoms with Crippen LogP contribution in [0.3, 0.4) is 0 Å². The van der Waals surface area contributed by atoms with E-state index in [4.69, 9.17) is 9.47 Å². The lowest BCUT2D eigenvalue weighted by molar-refractivity contribution is -0.394. The minimum atomic E-state index is -0.715. The van der Waals surface area contributed by atoms with Crippen molar-refractivity contribution in [3.05, 3.63) is 68.3 Å². The topological polar surface area (TPSA) is 134 Å². The third-order valence-electron chi connectivity index (χ3n) is 4.65. The molecule has 2 aromatic carbocycles. The first-order valence-corrected chi connectivity index (χ1v) is 9.49. The number of benzene rings is 2. The molecule has 3 rings (SSSR count). The van der Waals surface area contributed by atoms with Crippen molar-refractivity contribution in [2.24, 2.45) is 0 Å². The summed E-state index contributed by atoms with van der Waals surface area (Å²) in [6.07, 6.45) is 2.98. The van der Waals surface area contributed by atoms with Crippen LogP contribution in [0.5, 0.6) is 11.5 Å². The van der Waals surface area contributed by atoms with Gasteiger partial charge in [-0.05, 0) is 37.0 Å². The van der Waals surface area contributed by atoms with Crippen LogP contribution in [-0.4, -0.2) is 35.0 Å². The van der Waals surface area contributed by atoms with Crippen molar-refractivity contribution in [2.75, 3.05) is 13.2 Å². The highest BCUT2D eigenvalue weighted by Gasteiger charge is 2.18. The number of ether oxygens (including phenoxy) is 2. The number of non-ortho nitro benzene ring substituents is 2. The average Bonchev–Trinajstić information content (AvgIpc) is 3.25. The highest BCUT2D eigenvalue weighted by molar-refractivity contribution is 5.76. The van der Waals surface area contributed by atoms with Crippen molar-refractivity contribution < 1.29 is 24.1 Å². The van der Waals surface area contributed by atoms with Crippen LogP contribution in [-0.2, 0) is 16.0 Å². The zero-order valence-electron chi connectivity index (χ0n) is 16.1. The zero-order valence-corrected chi connectivity index (χ0v) is 16.1. The molecule has 1 atom stereocenters. The summed E-state index contributed by atoms with van der Waals surface area (Å²) in [5, 5.41) is 24.8. The van der Waals surface area contributed by atoms with Gasteiger partial charge in [0, 0.05) is 19.6 Å². The van der Waals surface area contributed by atoms with E-state index in [0.29, 0.717) is 25.1 Å². The molecular weight excluding hydrogens is 394 g/mol. The standard InChI is InChI=1S/C20H21N3O7/c24-20(21-13-18-2-1-9-29-18)8-5-14-3-6-17(7-4-14)30-19-11-15(22(25)26)10-16(12-19)23(27)28/h3-4,6-7,10-12,18H,1-2,5,8-9,13H2,(H,21,24). The molecule has 1 aliphatic heterocycles. The average molecular weight is 415 g/mol. The largest absolute Gasteiger partial charge is 0.457 e. The lowest BCUT2D eigenvalue weighted by Gasteiger charge is -2.11. The Bertz CT molecular complexity index is 892. The summed E-state index contributed by atoms with van der Waals surface area (Å²) in [6, 6.07) is 9.95. The quantitative estimate of drug-likeness (QED) is 0.489. The van der Waals surface area contributed by atoms with Crippen molar-refractivity contribution in [1.82, 2.24) is 5.32 Å². The monoisotopic (exact) mass is 415 g/mol. The van der Waals surface area contributed by atoms with Crippen molar-refractivity contribution in [2.45, 2.75) is 31.8 Å². The minimum Gasteiger partial charge on any atom is -0.457 e. The van der Waals surface area contributed by atoms with Gasteiger partial charge >= 0.3 is 0 Å². The van der Waals surface area contributed by atoms with Gasteiger partial charge in [0.2, 0.25) is 5.91 Å². The van der Waals surface area contributed by atoms with Gasteiger partial charge in [-0.25, -0.2) is 0 Å². The number of amides is 1. The molecule has 1 amide bonds. The molecule has 1 unspecified atom stereocenters. The second kappa shape index (κ2) is 9.79. The molecule has 158 valence electrons. The van der Waals surface area contributed by atoms with E-state index in [2.05, 4.69) is 5.32 Å². The van der Waals surface area contributed by atoms with Crippen LogP contribution in [0.2, 0.25) is 0 Å². The van der Waals surface area contributed by atoms with Crippen LogP contribution in [0.1, 0.15) is 24.8 Å². The Labute approximate surface area is 172 Å². The molecule has 1 aliphatic rings. The number of hydrogen-bond acceptors (Lipinski definition) is 7. The first-order valence-electron chi connectivity index (χ1n) is 9.49. The molecule has 1 heterocycles. The van der Waals surface area contributed by atoms with E-state index < -0.39 is 21.2 Å². The predicted octanol–water partition coefficient (Wildman–Crippen LogP) is 3.52. The zero-order chi connectivity index (χ0) is 21.5. The Kier molecular flexibility index (Phi) is 6.91. The fourth-order valence-corrected chi connectivity index (χ4v) is 3.08. The maximum Gasteiger partial charge on any atom is 0.280 e. The van der Waals surface area contributed by atoms with Gasteiger partial charge in [-0.15, -0.1) is 0 Å². The predicted molar refractivity (Wildman–Crippen MR) is 107 cm³/mol. The van der Waals surface area contributed by atoms with E-state index in [9.17, 15) is 25.0 Å². The summed E-state index contributed by atoms with van der Waals surface area (Å²) in [5.74, 6) is 0.322. The van der Waals surface area contributed by atoms with Gasteiger partial charge in [-0.3, -0.25) is 25.0 Å². The van der Waals surface area contributed by atoms with Gasteiger partial charge in [0.15, 0.2) is 0 Å². The summed E-state index contributed by atoms with van der Waals surface area (Å²) in [6.45, 7) is 1.28. The second-order valence-electron chi connectivity index (χ2n) is 6.88. The van der Waals surface area contributed by atoms with Crippen molar-refractivity contribution in [1.29, 1.82) is 0 Å². The molecule has 10 nitrogen and oxygen atoms in total. The summed E-state index contributed by atoms with van der Waals surface area (Å²) in [7, 11) is 0. The van der Waals surface area contributed by atoms with Crippen molar-refractivity contribution >= 4 is 17.3 Å². The maximum atomic E-state index is 12.0. The molecule has 0 saturated carbocycles. The SMILES string of the molecule is O=C(CCc1ccc(Oc2cc([N+](=O)[O-])cc([N+](=O)[O-])c2)cc1)NCC1CCCO1. The number of carbonyl (C=O) groups excluding carboxylic acids is 1. The molecule has 1 N–H and O–H groups in total. The molecule has 0 aromatic heterocycles. The summed E-state index contributed by atoms with van der Waals surface area (Å²) in [4.78, 5) is 32.4. The fourth-order valence-electron chi connectivity index (χ4n) is 3.08. The maximum absolute atomic E-state index is 12.0. The van der Waals surface area contributed by atoms with E-state index >= 15 is 0 Å². The second-order valence-corrected chi connectivity index (χ2v) is 6.88. The van der Waals surface area contributed by atoms with Crippen LogP contribution in [0, 0.1) is 20.2 Å². The van der Waals surface area contributed by atoms with Crippen molar-refractivity contribution in [3.8, 4) is 11.5 Å². The van der Waals surface area contributed by atoms with Gasteiger partial charge in [0.25, 0.3) is 11.4 Å². The smallest absolute Gasteiger partial charge is 0.280 e. The van der Waals surface area contributed by atoms with E-state index in [1.165, 1.54) is 0 Å². The molecule has 0 radical (unpaired) electrons. The molecule has 0 bridgehead atoms. The van der Waals surface area contributed by atoms with Crippen LogP contribution in [0.4, 0.5) is 11.4 Å². The number of aryl methyl sites for hydroxylation is 1. The third-order valence-corrected chi connectivity index (χ3v) is 4.65. The Hall–Kier alpha value is -3.53. The Morgan fingerprint density at radius 3 is 2.30 bits per heavy atom. The summed E-state index contributed by atoms with van der Waals surface area (Å²) < 4.78 is 11.0. The lowest BCUT2D eigenvalue weighted by Crippen LogP contribution is -2.31. The molecule has 1 saturated heterocycles. The number of nitrogens with one attached hydrogen (secondary N) is 1. The minimum absolute atomic E-state index is 0.00263. The van der Waals surface area contributed by atoms with Gasteiger partial charge in [-0.1, -0.05) is 12.1 Å². The first-order chi connectivity index (χ1) is 14.4. The van der Waals surface area contributed by atoms with E-state index in [1.807, 2.05) is 0 Å². The molecular formula is C20H21N3O7. The van der Waals surface area contributed by atoms with E-state index in [0.717, 1.165) is 43.2 Å². The fraction of sp³-hybridized carbons (Fsp3) is 0.350. The Balaban J connectivity index is 1.54. The van der Waals surface area contributed by atoms with Crippen LogP contribution in [0.25, 0.3) is 0 Å². The Morgan fingerprint density at radius 2 is 1.73 bits per heavy atom. The van der Waals surface area contributed by atoms with Crippen LogP contribution < -0.4 is 10.1 Å².